The van der Waals surface area contributed by atoms with Crippen molar-refractivity contribution in [2.75, 3.05) is 0 Å². The molecule has 2 aromatic rings. The van der Waals surface area contributed by atoms with Crippen LogP contribution >= 0.6 is 11.6 Å². The standard InChI is InChI=1S/C18H17ClN2O2/c19-13-8-4-7-12(9-13)14-10-15(14)18(23)21-16(17(20)22)11-5-2-1-3-6-11/h1-9,14-16H,10H2,(H2,20,22)(H,21,23). The molecular weight excluding hydrogens is 312 g/mol. The predicted molar refractivity (Wildman–Crippen MR) is 88.8 cm³/mol. The topological polar surface area (TPSA) is 72.2 Å². The van der Waals surface area contributed by atoms with E-state index < -0.39 is 11.9 Å². The van der Waals surface area contributed by atoms with Crippen LogP contribution in [0.25, 0.3) is 0 Å². The van der Waals surface area contributed by atoms with E-state index in [9.17, 15) is 9.59 Å². The third kappa shape index (κ3) is 3.54. The zero-order valence-corrected chi connectivity index (χ0v) is 13.2. The largest absolute Gasteiger partial charge is 0.368 e. The fraction of sp³-hybridized carbons (Fsp3) is 0.222. The smallest absolute Gasteiger partial charge is 0.244 e. The highest BCUT2D eigenvalue weighted by molar-refractivity contribution is 6.30. The van der Waals surface area contributed by atoms with E-state index in [1.807, 2.05) is 36.4 Å². The Morgan fingerprint density at radius 3 is 2.52 bits per heavy atom. The lowest BCUT2D eigenvalue weighted by Gasteiger charge is -2.16. The first-order valence-corrected chi connectivity index (χ1v) is 7.84. The number of carbonyl (C=O) groups excluding carboxylic acids is 2. The van der Waals surface area contributed by atoms with Gasteiger partial charge in [0.25, 0.3) is 0 Å². The van der Waals surface area contributed by atoms with Crippen molar-refractivity contribution in [2.24, 2.45) is 11.7 Å². The van der Waals surface area contributed by atoms with Crippen LogP contribution in [0.4, 0.5) is 0 Å². The summed E-state index contributed by atoms with van der Waals surface area (Å²) in [5.41, 5.74) is 7.17. The zero-order chi connectivity index (χ0) is 16.4. The normalized spacial score (nSPS) is 20.6. The van der Waals surface area contributed by atoms with Crippen LogP contribution in [0.2, 0.25) is 5.02 Å². The molecule has 2 amide bonds. The fourth-order valence-electron chi connectivity index (χ4n) is 2.80. The van der Waals surface area contributed by atoms with Crippen molar-refractivity contribution in [3.05, 3.63) is 70.7 Å². The summed E-state index contributed by atoms with van der Waals surface area (Å²) in [4.78, 5) is 24.1. The Morgan fingerprint density at radius 2 is 1.87 bits per heavy atom. The van der Waals surface area contributed by atoms with E-state index in [4.69, 9.17) is 17.3 Å². The Balaban J connectivity index is 1.68. The molecule has 4 nitrogen and oxygen atoms in total. The maximum Gasteiger partial charge on any atom is 0.244 e. The van der Waals surface area contributed by atoms with Gasteiger partial charge in [-0.25, -0.2) is 0 Å². The minimum atomic E-state index is -0.802. The molecule has 0 radical (unpaired) electrons. The minimum Gasteiger partial charge on any atom is -0.368 e. The number of hydrogen-bond acceptors (Lipinski definition) is 2. The third-order valence-electron chi connectivity index (χ3n) is 4.11. The highest BCUT2D eigenvalue weighted by atomic mass is 35.5. The lowest BCUT2D eigenvalue weighted by Crippen LogP contribution is -2.38. The molecule has 1 aliphatic rings. The van der Waals surface area contributed by atoms with Crippen LogP contribution < -0.4 is 11.1 Å². The van der Waals surface area contributed by atoms with Gasteiger partial charge in [-0.1, -0.05) is 54.1 Å². The Hall–Kier alpha value is -2.33. The Kier molecular flexibility index (Phi) is 4.35. The molecule has 23 heavy (non-hydrogen) atoms. The number of rotatable bonds is 5. The molecule has 0 saturated heterocycles. The highest BCUT2D eigenvalue weighted by Crippen LogP contribution is 2.48. The maximum absolute atomic E-state index is 12.4. The molecular formula is C18H17ClN2O2. The summed E-state index contributed by atoms with van der Waals surface area (Å²) in [7, 11) is 0. The molecule has 1 saturated carbocycles. The Labute approximate surface area is 139 Å². The van der Waals surface area contributed by atoms with Gasteiger partial charge in [-0.05, 0) is 35.6 Å². The predicted octanol–water partition coefficient (Wildman–Crippen LogP) is 2.79. The number of hydrogen-bond donors (Lipinski definition) is 2. The summed E-state index contributed by atoms with van der Waals surface area (Å²) in [6.07, 6.45) is 0.756. The minimum absolute atomic E-state index is 0.140. The van der Waals surface area contributed by atoms with Gasteiger partial charge in [-0.2, -0.15) is 0 Å². The van der Waals surface area contributed by atoms with Crippen LogP contribution in [-0.2, 0) is 9.59 Å². The quantitative estimate of drug-likeness (QED) is 0.885. The van der Waals surface area contributed by atoms with Crippen LogP contribution in [0.1, 0.15) is 29.5 Å². The van der Waals surface area contributed by atoms with Crippen molar-refractivity contribution in [1.82, 2.24) is 5.32 Å². The van der Waals surface area contributed by atoms with E-state index >= 15 is 0 Å². The molecule has 2 aromatic carbocycles. The number of benzene rings is 2. The number of nitrogens with one attached hydrogen (secondary N) is 1. The summed E-state index contributed by atoms with van der Waals surface area (Å²) >= 11 is 5.99. The second-order valence-electron chi connectivity index (χ2n) is 5.76. The van der Waals surface area contributed by atoms with Gasteiger partial charge < -0.3 is 11.1 Å². The van der Waals surface area contributed by atoms with Gasteiger partial charge in [0.1, 0.15) is 6.04 Å². The van der Waals surface area contributed by atoms with Crippen LogP contribution in [0.5, 0.6) is 0 Å². The number of nitrogens with two attached hydrogens (primary N) is 1. The van der Waals surface area contributed by atoms with Gasteiger partial charge in [-0.15, -0.1) is 0 Å². The van der Waals surface area contributed by atoms with Gasteiger partial charge in [0.15, 0.2) is 0 Å². The van der Waals surface area contributed by atoms with Gasteiger partial charge in [0, 0.05) is 10.9 Å². The van der Waals surface area contributed by atoms with E-state index in [0.717, 1.165) is 12.0 Å². The van der Waals surface area contributed by atoms with E-state index in [1.54, 1.807) is 18.2 Å². The molecule has 118 valence electrons. The molecule has 3 N–H and O–H groups in total. The number of primary amides is 1. The maximum atomic E-state index is 12.4. The van der Waals surface area contributed by atoms with Crippen molar-refractivity contribution < 1.29 is 9.59 Å². The molecule has 3 atom stereocenters. The van der Waals surface area contributed by atoms with Crippen LogP contribution in [0, 0.1) is 5.92 Å². The van der Waals surface area contributed by atoms with Gasteiger partial charge >= 0.3 is 0 Å². The fourth-order valence-corrected chi connectivity index (χ4v) is 3.00. The SMILES string of the molecule is NC(=O)C(NC(=O)C1CC1c1cccc(Cl)c1)c1ccccc1. The average Bonchev–Trinajstić information content (AvgIpc) is 3.33. The van der Waals surface area contributed by atoms with E-state index in [1.165, 1.54) is 0 Å². The molecule has 3 rings (SSSR count). The van der Waals surface area contributed by atoms with Crippen LogP contribution in [0.3, 0.4) is 0 Å². The average molecular weight is 329 g/mol. The van der Waals surface area contributed by atoms with E-state index in [-0.39, 0.29) is 17.7 Å². The summed E-state index contributed by atoms with van der Waals surface area (Å²) in [6.45, 7) is 0. The van der Waals surface area contributed by atoms with Gasteiger partial charge in [0.2, 0.25) is 11.8 Å². The lowest BCUT2D eigenvalue weighted by atomic mass is 10.1. The summed E-state index contributed by atoms with van der Waals surface area (Å²) in [5.74, 6) is -0.704. The summed E-state index contributed by atoms with van der Waals surface area (Å²) in [6, 6.07) is 15.7. The Morgan fingerprint density at radius 1 is 1.13 bits per heavy atom. The number of carbonyl (C=O) groups is 2. The number of amides is 2. The molecule has 0 bridgehead atoms. The van der Waals surface area contributed by atoms with Crippen molar-refractivity contribution >= 4 is 23.4 Å². The lowest BCUT2D eigenvalue weighted by molar-refractivity contribution is -0.128. The second-order valence-corrected chi connectivity index (χ2v) is 6.19. The van der Waals surface area contributed by atoms with E-state index in [2.05, 4.69) is 5.32 Å². The molecule has 0 spiro atoms. The van der Waals surface area contributed by atoms with Crippen LogP contribution in [0.15, 0.2) is 54.6 Å². The first kappa shape index (κ1) is 15.6. The Bertz CT molecular complexity index is 733. The van der Waals surface area contributed by atoms with Gasteiger partial charge in [0.05, 0.1) is 0 Å². The third-order valence-corrected chi connectivity index (χ3v) is 4.34. The molecule has 1 fully saturated rings. The van der Waals surface area contributed by atoms with Crippen molar-refractivity contribution in [1.29, 1.82) is 0 Å². The van der Waals surface area contributed by atoms with Crippen molar-refractivity contribution in [3.8, 4) is 0 Å². The van der Waals surface area contributed by atoms with Crippen molar-refractivity contribution in [2.45, 2.75) is 18.4 Å². The first-order valence-electron chi connectivity index (χ1n) is 7.46. The second kappa shape index (κ2) is 6.42. The van der Waals surface area contributed by atoms with Crippen LogP contribution in [-0.4, -0.2) is 11.8 Å². The first-order chi connectivity index (χ1) is 11.1. The number of halogens is 1. The molecule has 0 heterocycles. The molecule has 0 aromatic heterocycles. The monoisotopic (exact) mass is 328 g/mol. The van der Waals surface area contributed by atoms with E-state index in [0.29, 0.717) is 10.6 Å². The molecule has 1 aliphatic carbocycles. The van der Waals surface area contributed by atoms with Gasteiger partial charge in [-0.3, -0.25) is 9.59 Å². The summed E-state index contributed by atoms with van der Waals surface area (Å²) < 4.78 is 0. The molecule has 3 unspecified atom stereocenters. The summed E-state index contributed by atoms with van der Waals surface area (Å²) in [5, 5.41) is 3.42. The zero-order valence-electron chi connectivity index (χ0n) is 12.4. The molecule has 5 heteroatoms. The van der Waals surface area contributed by atoms with Crippen molar-refractivity contribution in [3.63, 3.8) is 0 Å². The molecule has 0 aliphatic heterocycles. The highest BCUT2D eigenvalue weighted by Gasteiger charge is 2.44.